The summed E-state index contributed by atoms with van der Waals surface area (Å²) in [6.45, 7) is 8.10. The number of aliphatic hydroxyl groups is 3. The standard InChI is InChI=1S/C15H28O4/c1-12(2,17)11-5-6-13(3)10-19-14(4,7-8-16)15(13,18)9-11/h11,16-18H,5-10H2,1-4H3/t11-,13+,14-,15-/m1/s1. The van der Waals surface area contributed by atoms with Crippen molar-refractivity contribution in [3.8, 4) is 0 Å². The summed E-state index contributed by atoms with van der Waals surface area (Å²) in [6.07, 6.45) is 2.71. The van der Waals surface area contributed by atoms with Gasteiger partial charge >= 0.3 is 0 Å². The van der Waals surface area contributed by atoms with Crippen molar-refractivity contribution in [2.75, 3.05) is 13.2 Å². The van der Waals surface area contributed by atoms with Crippen LogP contribution >= 0.6 is 0 Å². The first-order chi connectivity index (χ1) is 8.58. The predicted octanol–water partition coefficient (Wildman–Crippen LogP) is 1.47. The molecule has 0 radical (unpaired) electrons. The Morgan fingerprint density at radius 2 is 1.95 bits per heavy atom. The van der Waals surface area contributed by atoms with Crippen LogP contribution in [0.5, 0.6) is 0 Å². The number of hydrogen-bond acceptors (Lipinski definition) is 4. The van der Waals surface area contributed by atoms with E-state index in [1.54, 1.807) is 0 Å². The van der Waals surface area contributed by atoms with Gasteiger partial charge in [-0.2, -0.15) is 0 Å². The third-order valence-electron chi connectivity index (χ3n) is 5.76. The van der Waals surface area contributed by atoms with Gasteiger partial charge in [0.05, 0.1) is 17.8 Å². The highest BCUT2D eigenvalue weighted by molar-refractivity contribution is 5.16. The lowest BCUT2D eigenvalue weighted by molar-refractivity contribution is -0.182. The molecule has 19 heavy (non-hydrogen) atoms. The van der Waals surface area contributed by atoms with Crippen LogP contribution in [0.4, 0.5) is 0 Å². The maximum Gasteiger partial charge on any atom is 0.101 e. The van der Waals surface area contributed by atoms with Gasteiger partial charge in [0.1, 0.15) is 5.60 Å². The highest BCUT2D eigenvalue weighted by Crippen LogP contribution is 2.59. The summed E-state index contributed by atoms with van der Waals surface area (Å²) in [4.78, 5) is 0. The van der Waals surface area contributed by atoms with Crippen LogP contribution in [-0.4, -0.2) is 45.3 Å². The first kappa shape index (κ1) is 15.2. The smallest absolute Gasteiger partial charge is 0.101 e. The van der Waals surface area contributed by atoms with Gasteiger partial charge in [0.15, 0.2) is 0 Å². The van der Waals surface area contributed by atoms with Crippen molar-refractivity contribution in [2.24, 2.45) is 11.3 Å². The van der Waals surface area contributed by atoms with E-state index < -0.39 is 16.8 Å². The lowest BCUT2D eigenvalue weighted by atomic mass is 9.55. The number of aliphatic hydroxyl groups excluding tert-OH is 1. The monoisotopic (exact) mass is 272 g/mol. The molecular formula is C15H28O4. The lowest BCUT2D eigenvalue weighted by Crippen LogP contribution is -2.61. The molecule has 1 heterocycles. The molecule has 0 spiro atoms. The summed E-state index contributed by atoms with van der Waals surface area (Å²) in [5.74, 6) is 0.0605. The van der Waals surface area contributed by atoms with Crippen LogP contribution in [0.25, 0.3) is 0 Å². The molecule has 1 aliphatic heterocycles. The van der Waals surface area contributed by atoms with Crippen molar-refractivity contribution < 1.29 is 20.1 Å². The van der Waals surface area contributed by atoms with Crippen LogP contribution in [-0.2, 0) is 4.74 Å². The van der Waals surface area contributed by atoms with Crippen LogP contribution in [0.1, 0.15) is 53.4 Å². The maximum atomic E-state index is 11.3. The first-order valence-corrected chi connectivity index (χ1v) is 7.28. The molecule has 0 amide bonds. The number of fused-ring (bicyclic) bond motifs is 1. The minimum Gasteiger partial charge on any atom is -0.396 e. The third-order valence-corrected chi connectivity index (χ3v) is 5.76. The molecule has 0 unspecified atom stereocenters. The molecule has 0 aromatic rings. The van der Waals surface area contributed by atoms with E-state index in [1.807, 2.05) is 20.8 Å². The summed E-state index contributed by atoms with van der Waals surface area (Å²) in [5, 5.41) is 30.8. The highest BCUT2D eigenvalue weighted by Gasteiger charge is 2.66. The van der Waals surface area contributed by atoms with E-state index in [2.05, 4.69) is 6.92 Å². The molecule has 3 N–H and O–H groups in total. The third kappa shape index (κ3) is 2.13. The van der Waals surface area contributed by atoms with Crippen LogP contribution in [0, 0.1) is 11.3 Å². The summed E-state index contributed by atoms with van der Waals surface area (Å²) in [5.41, 5.74) is -2.77. The van der Waals surface area contributed by atoms with E-state index in [0.717, 1.165) is 12.8 Å². The Morgan fingerprint density at radius 3 is 2.47 bits per heavy atom. The molecule has 0 aromatic carbocycles. The van der Waals surface area contributed by atoms with E-state index in [4.69, 9.17) is 4.74 Å². The largest absolute Gasteiger partial charge is 0.396 e. The van der Waals surface area contributed by atoms with Crippen molar-refractivity contribution >= 4 is 0 Å². The topological polar surface area (TPSA) is 69.9 Å². The fourth-order valence-corrected chi connectivity index (χ4v) is 3.98. The summed E-state index contributed by atoms with van der Waals surface area (Å²) in [6, 6.07) is 0. The lowest BCUT2D eigenvalue weighted by Gasteiger charge is -2.53. The molecule has 4 atom stereocenters. The Labute approximate surface area is 115 Å². The highest BCUT2D eigenvalue weighted by atomic mass is 16.5. The zero-order valence-corrected chi connectivity index (χ0v) is 12.6. The van der Waals surface area contributed by atoms with E-state index >= 15 is 0 Å². The summed E-state index contributed by atoms with van der Waals surface area (Å²) < 4.78 is 5.90. The quantitative estimate of drug-likeness (QED) is 0.727. The van der Waals surface area contributed by atoms with Gasteiger partial charge in [0, 0.05) is 18.4 Å². The number of hydrogen-bond donors (Lipinski definition) is 3. The van der Waals surface area contributed by atoms with Crippen LogP contribution in [0.2, 0.25) is 0 Å². The van der Waals surface area contributed by atoms with E-state index in [0.29, 0.717) is 19.4 Å². The molecule has 1 saturated heterocycles. The van der Waals surface area contributed by atoms with Gasteiger partial charge < -0.3 is 20.1 Å². The molecule has 2 fully saturated rings. The molecule has 112 valence electrons. The maximum absolute atomic E-state index is 11.3. The summed E-state index contributed by atoms with van der Waals surface area (Å²) in [7, 11) is 0. The van der Waals surface area contributed by atoms with Crippen molar-refractivity contribution in [1.29, 1.82) is 0 Å². The number of rotatable bonds is 3. The van der Waals surface area contributed by atoms with Gasteiger partial charge in [-0.15, -0.1) is 0 Å². The fraction of sp³-hybridized carbons (Fsp3) is 1.00. The van der Waals surface area contributed by atoms with Crippen LogP contribution in [0.3, 0.4) is 0 Å². The Hall–Kier alpha value is -0.160. The molecule has 2 aliphatic rings. The Bertz CT molecular complexity index is 351. The summed E-state index contributed by atoms with van der Waals surface area (Å²) >= 11 is 0. The molecule has 1 aliphatic carbocycles. The molecular weight excluding hydrogens is 244 g/mol. The Kier molecular flexibility index (Phi) is 3.54. The van der Waals surface area contributed by atoms with Gasteiger partial charge in [0.25, 0.3) is 0 Å². The average molecular weight is 272 g/mol. The van der Waals surface area contributed by atoms with Crippen molar-refractivity contribution in [3.63, 3.8) is 0 Å². The Morgan fingerprint density at radius 1 is 1.32 bits per heavy atom. The molecule has 0 bridgehead atoms. The van der Waals surface area contributed by atoms with Gasteiger partial charge in [0.2, 0.25) is 0 Å². The van der Waals surface area contributed by atoms with Crippen molar-refractivity contribution in [3.05, 3.63) is 0 Å². The molecule has 2 rings (SSSR count). The normalized spacial score (nSPS) is 47.2. The van der Waals surface area contributed by atoms with Gasteiger partial charge in [-0.1, -0.05) is 6.92 Å². The number of ether oxygens (including phenoxy) is 1. The minimum absolute atomic E-state index is 0.00206. The molecule has 1 saturated carbocycles. The minimum atomic E-state index is -0.981. The van der Waals surface area contributed by atoms with E-state index in [-0.39, 0.29) is 17.9 Å². The van der Waals surface area contributed by atoms with Gasteiger partial charge in [-0.25, -0.2) is 0 Å². The predicted molar refractivity (Wildman–Crippen MR) is 72.8 cm³/mol. The van der Waals surface area contributed by atoms with Crippen LogP contribution < -0.4 is 0 Å². The van der Waals surface area contributed by atoms with Crippen LogP contribution in [0.15, 0.2) is 0 Å². The molecule has 4 heteroatoms. The molecule has 0 aromatic heterocycles. The Balaban J connectivity index is 2.32. The first-order valence-electron chi connectivity index (χ1n) is 7.28. The van der Waals surface area contributed by atoms with E-state index in [1.165, 1.54) is 0 Å². The molecule has 4 nitrogen and oxygen atoms in total. The van der Waals surface area contributed by atoms with Crippen molar-refractivity contribution in [2.45, 2.75) is 70.2 Å². The van der Waals surface area contributed by atoms with Gasteiger partial charge in [-0.05, 0) is 46.0 Å². The zero-order chi connectivity index (χ0) is 14.5. The fourth-order valence-electron chi connectivity index (χ4n) is 3.98. The average Bonchev–Trinajstić information content (AvgIpc) is 2.48. The second-order valence-corrected chi connectivity index (χ2v) is 7.51. The van der Waals surface area contributed by atoms with E-state index in [9.17, 15) is 15.3 Å². The second-order valence-electron chi connectivity index (χ2n) is 7.51. The van der Waals surface area contributed by atoms with Crippen molar-refractivity contribution in [1.82, 2.24) is 0 Å². The second kappa shape index (κ2) is 4.42. The zero-order valence-electron chi connectivity index (χ0n) is 12.6. The van der Waals surface area contributed by atoms with Gasteiger partial charge in [-0.3, -0.25) is 0 Å². The SMILES string of the molecule is CC(C)(O)[C@@H]1CC[C@@]2(C)CO[C@](C)(CCO)[C@@]2(O)C1.